The Morgan fingerprint density at radius 2 is 1.35 bits per heavy atom. The van der Waals surface area contributed by atoms with Crippen molar-refractivity contribution in [2.24, 2.45) is 0 Å². The Balaban J connectivity index is -0.000000107. The molecule has 0 fully saturated rings. The van der Waals surface area contributed by atoms with E-state index in [1.807, 2.05) is 65.8 Å². The Morgan fingerprint density at radius 3 is 1.68 bits per heavy atom. The van der Waals surface area contributed by atoms with Crippen LogP contribution in [0.1, 0.15) is 115 Å². The predicted molar refractivity (Wildman–Crippen MR) is 153 cm³/mol. The summed E-state index contributed by atoms with van der Waals surface area (Å²) in [6.07, 6.45) is 18.0. The lowest BCUT2D eigenvalue weighted by Gasteiger charge is -2.09. The highest BCUT2D eigenvalue weighted by Gasteiger charge is 2.00. The smallest absolute Gasteiger partial charge is 0.0105 e. The first-order valence-electron chi connectivity index (χ1n) is 12.4. The van der Waals surface area contributed by atoms with Gasteiger partial charge in [-0.1, -0.05) is 139 Å². The predicted octanol–water partition coefficient (Wildman–Crippen LogP) is 11.8. The normalized spacial score (nSPS) is 12.2. The van der Waals surface area contributed by atoms with E-state index in [4.69, 9.17) is 0 Å². The molecule has 0 unspecified atom stereocenters. The zero-order valence-corrected chi connectivity index (χ0v) is 23.6. The van der Waals surface area contributed by atoms with Crippen molar-refractivity contribution >= 4 is 0 Å². The maximum Gasteiger partial charge on any atom is -0.0105 e. The van der Waals surface area contributed by atoms with Crippen molar-refractivity contribution in [2.75, 3.05) is 0 Å². The number of rotatable bonds is 6. The Hall–Kier alpha value is -1.82. The molecule has 0 nitrogen and oxygen atoms in total. The van der Waals surface area contributed by atoms with Gasteiger partial charge in [-0.05, 0) is 53.4 Å². The first kappa shape index (κ1) is 39.6. The standard InChI is InChI=1S/C12H18.C10H14.C3H8.3C2H6/c1-6-8-10(3)9-12(5)11(4)7-2;1-3-4-10-7-5-9(2)6-8-10;1-3-2;3*1-2/h6-8H,1-2,9H2,3-5H3;3,5,7H,1,4,6,8H2,2H3;3H2,1-2H3;3*1-2H3/b10-8-,12-11-;;;;;. The highest BCUT2D eigenvalue weighted by Crippen LogP contribution is 2.19. The molecule has 0 saturated carbocycles. The van der Waals surface area contributed by atoms with Crippen LogP contribution in [0.25, 0.3) is 0 Å². The van der Waals surface area contributed by atoms with Crippen LogP contribution in [-0.2, 0) is 0 Å². The maximum atomic E-state index is 3.74. The van der Waals surface area contributed by atoms with E-state index >= 15 is 0 Å². The molecule has 0 aliphatic heterocycles. The molecule has 0 bridgehead atoms. The molecule has 0 atom stereocenters. The van der Waals surface area contributed by atoms with Gasteiger partial charge >= 0.3 is 0 Å². The van der Waals surface area contributed by atoms with Crippen molar-refractivity contribution in [3.8, 4) is 0 Å². The van der Waals surface area contributed by atoms with Crippen LogP contribution in [-0.4, -0.2) is 0 Å². The third kappa shape index (κ3) is 33.0. The van der Waals surface area contributed by atoms with Crippen molar-refractivity contribution in [3.63, 3.8) is 0 Å². The van der Waals surface area contributed by atoms with Gasteiger partial charge in [-0.15, -0.1) is 6.58 Å². The number of allylic oxidation sites excluding steroid dienone is 11. The third-order valence-corrected chi connectivity index (χ3v) is 3.78. The fourth-order valence-electron chi connectivity index (χ4n) is 2.13. The Kier molecular flexibility index (Phi) is 45.5. The van der Waals surface area contributed by atoms with Crippen molar-refractivity contribution in [3.05, 3.63) is 84.1 Å². The van der Waals surface area contributed by atoms with E-state index in [9.17, 15) is 0 Å². The van der Waals surface area contributed by atoms with E-state index in [-0.39, 0.29) is 0 Å². The Morgan fingerprint density at radius 1 is 0.871 bits per heavy atom. The molecule has 0 aromatic carbocycles. The van der Waals surface area contributed by atoms with Crippen LogP contribution >= 0.6 is 0 Å². The van der Waals surface area contributed by atoms with Gasteiger partial charge in [0.2, 0.25) is 0 Å². The molecule has 0 aromatic rings. The first-order valence-corrected chi connectivity index (χ1v) is 12.4. The van der Waals surface area contributed by atoms with Gasteiger partial charge in [-0.2, -0.15) is 0 Å². The summed E-state index contributed by atoms with van der Waals surface area (Å²) in [7, 11) is 0. The van der Waals surface area contributed by atoms with Crippen LogP contribution in [0.5, 0.6) is 0 Å². The van der Waals surface area contributed by atoms with Gasteiger partial charge in [-0.3, -0.25) is 0 Å². The molecule has 0 aromatic heterocycles. The summed E-state index contributed by atoms with van der Waals surface area (Å²) in [5.41, 5.74) is 6.99. The molecular formula is C31H58. The van der Waals surface area contributed by atoms with Crippen molar-refractivity contribution in [2.45, 2.75) is 115 Å². The molecule has 0 heterocycles. The molecule has 1 aliphatic carbocycles. The van der Waals surface area contributed by atoms with E-state index in [1.165, 1.54) is 47.1 Å². The lowest BCUT2D eigenvalue weighted by atomic mass is 9.97. The van der Waals surface area contributed by atoms with Gasteiger partial charge in [0.05, 0.1) is 0 Å². The second-order valence-electron chi connectivity index (χ2n) is 6.63. The van der Waals surface area contributed by atoms with Crippen molar-refractivity contribution in [1.29, 1.82) is 0 Å². The van der Waals surface area contributed by atoms with Gasteiger partial charge in [-0.25, -0.2) is 0 Å². The lowest BCUT2D eigenvalue weighted by molar-refractivity contribution is 0.880. The lowest BCUT2D eigenvalue weighted by Crippen LogP contribution is -1.89. The second-order valence-corrected chi connectivity index (χ2v) is 6.63. The highest BCUT2D eigenvalue weighted by molar-refractivity contribution is 5.25. The molecule has 0 radical (unpaired) electrons. The molecule has 0 N–H and O–H groups in total. The topological polar surface area (TPSA) is 0 Å². The van der Waals surface area contributed by atoms with Gasteiger partial charge in [0, 0.05) is 0 Å². The van der Waals surface area contributed by atoms with E-state index < -0.39 is 0 Å². The summed E-state index contributed by atoms with van der Waals surface area (Å²) in [6.45, 7) is 35.9. The SMILES string of the molecule is C=C/C=C(/C)C/C(C)=C(/C)C=C.C=CCC1=CC=C(C)CC1.CC.CC.CC.CCC. The summed E-state index contributed by atoms with van der Waals surface area (Å²) in [4.78, 5) is 0. The molecular weight excluding hydrogens is 372 g/mol. The molecule has 182 valence electrons. The van der Waals surface area contributed by atoms with Crippen LogP contribution < -0.4 is 0 Å². The van der Waals surface area contributed by atoms with E-state index in [0.717, 1.165) is 12.8 Å². The van der Waals surface area contributed by atoms with Crippen molar-refractivity contribution < 1.29 is 0 Å². The average molecular weight is 431 g/mol. The zero-order chi connectivity index (χ0) is 25.7. The third-order valence-electron chi connectivity index (χ3n) is 3.78. The molecule has 1 rings (SSSR count). The summed E-state index contributed by atoms with van der Waals surface area (Å²) in [5.74, 6) is 0. The van der Waals surface area contributed by atoms with Gasteiger partial charge in [0.25, 0.3) is 0 Å². The average Bonchev–Trinajstić information content (AvgIpc) is 2.80. The minimum Gasteiger partial charge on any atom is -0.103 e. The van der Waals surface area contributed by atoms with Crippen LogP contribution in [0.15, 0.2) is 84.1 Å². The minimum absolute atomic E-state index is 1.02. The van der Waals surface area contributed by atoms with E-state index in [0.29, 0.717) is 0 Å². The fraction of sp³-hybridized carbons (Fsp3) is 0.548. The van der Waals surface area contributed by atoms with Gasteiger partial charge in [0.15, 0.2) is 0 Å². The fourth-order valence-corrected chi connectivity index (χ4v) is 2.13. The molecule has 0 heteroatoms. The van der Waals surface area contributed by atoms with Gasteiger partial charge in [0.1, 0.15) is 0 Å². The molecule has 1 aliphatic rings. The zero-order valence-electron chi connectivity index (χ0n) is 23.6. The van der Waals surface area contributed by atoms with E-state index in [2.05, 4.69) is 73.4 Å². The quantitative estimate of drug-likeness (QED) is 0.290. The molecule has 0 amide bonds. The Labute approximate surface area is 199 Å². The minimum atomic E-state index is 1.02. The largest absolute Gasteiger partial charge is 0.103 e. The summed E-state index contributed by atoms with van der Waals surface area (Å²) in [6, 6.07) is 0. The summed E-state index contributed by atoms with van der Waals surface area (Å²) < 4.78 is 0. The van der Waals surface area contributed by atoms with Crippen molar-refractivity contribution in [1.82, 2.24) is 0 Å². The highest BCUT2D eigenvalue weighted by atomic mass is 14.1. The first-order chi connectivity index (χ1) is 14.9. The molecule has 0 saturated heterocycles. The monoisotopic (exact) mass is 430 g/mol. The van der Waals surface area contributed by atoms with Crippen LogP contribution in [0.2, 0.25) is 0 Å². The number of hydrogen-bond acceptors (Lipinski definition) is 0. The van der Waals surface area contributed by atoms with Crippen LogP contribution in [0.3, 0.4) is 0 Å². The van der Waals surface area contributed by atoms with Crippen LogP contribution in [0, 0.1) is 0 Å². The second kappa shape index (κ2) is 35.6. The summed E-state index contributed by atoms with van der Waals surface area (Å²) in [5, 5.41) is 0. The van der Waals surface area contributed by atoms with E-state index in [1.54, 1.807) is 0 Å². The van der Waals surface area contributed by atoms with Gasteiger partial charge < -0.3 is 0 Å². The summed E-state index contributed by atoms with van der Waals surface area (Å²) >= 11 is 0. The maximum absolute atomic E-state index is 3.74. The Bertz CT molecular complexity index is 518. The molecule has 0 spiro atoms. The number of hydrogen-bond donors (Lipinski definition) is 0. The van der Waals surface area contributed by atoms with Crippen LogP contribution in [0.4, 0.5) is 0 Å². The molecule has 31 heavy (non-hydrogen) atoms.